The highest BCUT2D eigenvalue weighted by Crippen LogP contribution is 1.99. The lowest BCUT2D eigenvalue weighted by Crippen LogP contribution is -2.37. The molecular formula is C11H14NO4+. The number of carboxylic acid groups (broad SMARTS) is 2. The average Bonchev–Trinajstić information content (AvgIpc) is 2.20. The zero-order valence-electron chi connectivity index (χ0n) is 9.01. The van der Waals surface area contributed by atoms with Crippen LogP contribution in [0.25, 0.3) is 0 Å². The van der Waals surface area contributed by atoms with E-state index in [9.17, 15) is 9.59 Å². The van der Waals surface area contributed by atoms with E-state index in [2.05, 4.69) is 0 Å². The minimum atomic E-state index is -0.980. The molecule has 0 aromatic carbocycles. The van der Waals surface area contributed by atoms with Crippen LogP contribution < -0.4 is 4.57 Å². The molecule has 0 fully saturated rings. The van der Waals surface area contributed by atoms with Crippen molar-refractivity contribution in [2.45, 2.75) is 26.3 Å². The van der Waals surface area contributed by atoms with Crippen LogP contribution in [-0.2, 0) is 11.3 Å². The molecule has 1 aromatic rings. The zero-order valence-corrected chi connectivity index (χ0v) is 9.01. The quantitative estimate of drug-likeness (QED) is 0.726. The van der Waals surface area contributed by atoms with Crippen molar-refractivity contribution in [1.29, 1.82) is 0 Å². The molecule has 0 spiro atoms. The fraction of sp³-hybridized carbons (Fsp3) is 0.364. The first-order chi connectivity index (χ1) is 7.50. The Kier molecular flexibility index (Phi) is 3.99. The van der Waals surface area contributed by atoms with Gasteiger partial charge in [-0.1, -0.05) is 0 Å². The number of aryl methyl sites for hydroxylation is 2. The topological polar surface area (TPSA) is 78.5 Å². The maximum Gasteiger partial charge on any atom is 0.341 e. The third-order valence-corrected chi connectivity index (χ3v) is 2.29. The summed E-state index contributed by atoms with van der Waals surface area (Å²) in [6.07, 6.45) is 2.10. The van der Waals surface area contributed by atoms with E-state index in [1.807, 2.05) is 6.92 Å². The number of aromatic nitrogens is 1. The lowest BCUT2D eigenvalue weighted by molar-refractivity contribution is -0.703. The largest absolute Gasteiger partial charge is 0.481 e. The molecule has 0 atom stereocenters. The van der Waals surface area contributed by atoms with Crippen molar-refractivity contribution in [1.82, 2.24) is 0 Å². The monoisotopic (exact) mass is 224 g/mol. The predicted octanol–water partition coefficient (Wildman–Crippen LogP) is 0.846. The minimum absolute atomic E-state index is 0.0870. The van der Waals surface area contributed by atoms with E-state index in [-0.39, 0.29) is 12.0 Å². The Morgan fingerprint density at radius 3 is 2.56 bits per heavy atom. The van der Waals surface area contributed by atoms with Gasteiger partial charge in [-0.25, -0.2) is 9.36 Å². The third-order valence-electron chi connectivity index (χ3n) is 2.29. The van der Waals surface area contributed by atoms with Crippen molar-refractivity contribution in [3.8, 4) is 0 Å². The fourth-order valence-corrected chi connectivity index (χ4v) is 1.39. The molecule has 0 unspecified atom stereocenters. The maximum absolute atomic E-state index is 10.7. The molecule has 16 heavy (non-hydrogen) atoms. The second-order valence-electron chi connectivity index (χ2n) is 3.55. The van der Waals surface area contributed by atoms with E-state index < -0.39 is 11.9 Å². The summed E-state index contributed by atoms with van der Waals surface area (Å²) in [5.74, 6) is -1.82. The first-order valence-corrected chi connectivity index (χ1v) is 4.96. The Hall–Kier alpha value is -1.91. The molecule has 0 radical (unpaired) electrons. The van der Waals surface area contributed by atoms with Gasteiger partial charge in [0.1, 0.15) is 12.1 Å². The molecule has 5 heteroatoms. The summed E-state index contributed by atoms with van der Waals surface area (Å²) in [5, 5.41) is 17.3. The molecule has 2 N–H and O–H groups in total. The fourth-order valence-electron chi connectivity index (χ4n) is 1.39. The van der Waals surface area contributed by atoms with Crippen LogP contribution in [0.15, 0.2) is 18.3 Å². The van der Waals surface area contributed by atoms with Gasteiger partial charge in [-0.2, -0.15) is 0 Å². The van der Waals surface area contributed by atoms with Crippen LogP contribution in [0.4, 0.5) is 0 Å². The van der Waals surface area contributed by atoms with Crippen LogP contribution in [0.1, 0.15) is 28.9 Å². The van der Waals surface area contributed by atoms with Crippen molar-refractivity contribution >= 4 is 11.9 Å². The van der Waals surface area contributed by atoms with E-state index in [0.29, 0.717) is 13.0 Å². The number of hydrogen-bond donors (Lipinski definition) is 2. The Morgan fingerprint density at radius 1 is 1.31 bits per heavy atom. The van der Waals surface area contributed by atoms with E-state index >= 15 is 0 Å². The summed E-state index contributed by atoms with van der Waals surface area (Å²) < 4.78 is 1.76. The van der Waals surface area contributed by atoms with Gasteiger partial charge in [0.25, 0.3) is 0 Å². The van der Waals surface area contributed by atoms with Crippen molar-refractivity contribution in [3.05, 3.63) is 29.6 Å². The normalized spacial score (nSPS) is 10.1. The van der Waals surface area contributed by atoms with Crippen LogP contribution in [0.2, 0.25) is 0 Å². The molecule has 0 saturated carbocycles. The first-order valence-electron chi connectivity index (χ1n) is 4.96. The van der Waals surface area contributed by atoms with Crippen molar-refractivity contribution in [2.24, 2.45) is 0 Å². The minimum Gasteiger partial charge on any atom is -0.481 e. The predicted molar refractivity (Wildman–Crippen MR) is 55.2 cm³/mol. The SMILES string of the molecule is Cc1ccc(C(=O)O)c[n+]1CCCC(=O)O. The molecule has 0 aliphatic carbocycles. The number of carbonyl (C=O) groups is 2. The third kappa shape index (κ3) is 3.34. The van der Waals surface area contributed by atoms with E-state index in [1.165, 1.54) is 12.3 Å². The van der Waals surface area contributed by atoms with E-state index in [1.54, 1.807) is 10.6 Å². The van der Waals surface area contributed by atoms with Crippen molar-refractivity contribution in [2.75, 3.05) is 0 Å². The maximum atomic E-state index is 10.7. The highest BCUT2D eigenvalue weighted by atomic mass is 16.4. The van der Waals surface area contributed by atoms with Gasteiger partial charge < -0.3 is 10.2 Å². The number of carboxylic acids is 2. The molecule has 5 nitrogen and oxygen atoms in total. The summed E-state index contributed by atoms with van der Waals surface area (Å²) >= 11 is 0. The molecule has 0 amide bonds. The number of nitrogens with zero attached hydrogens (tertiary/aromatic N) is 1. The van der Waals surface area contributed by atoms with Crippen LogP contribution >= 0.6 is 0 Å². The molecule has 1 rings (SSSR count). The summed E-state index contributed by atoms with van der Waals surface area (Å²) in [7, 11) is 0. The van der Waals surface area contributed by atoms with Crippen LogP contribution in [0.5, 0.6) is 0 Å². The van der Waals surface area contributed by atoms with Gasteiger partial charge in [0.15, 0.2) is 11.9 Å². The van der Waals surface area contributed by atoms with Gasteiger partial charge in [-0.3, -0.25) is 4.79 Å². The highest BCUT2D eigenvalue weighted by molar-refractivity contribution is 5.86. The van der Waals surface area contributed by atoms with Crippen LogP contribution in [0, 0.1) is 6.92 Å². The number of aliphatic carboxylic acids is 1. The van der Waals surface area contributed by atoms with E-state index in [0.717, 1.165) is 5.69 Å². The lowest BCUT2D eigenvalue weighted by atomic mass is 10.2. The van der Waals surface area contributed by atoms with Gasteiger partial charge >= 0.3 is 11.9 Å². The standard InChI is InChI=1S/C11H13NO4/c1-8-4-5-9(11(15)16)7-12(8)6-2-3-10(13)14/h4-5,7H,2-3,6H2,1H3,(H-,13,14,15,16)/p+1. The van der Waals surface area contributed by atoms with Gasteiger partial charge in [0, 0.05) is 19.4 Å². The Morgan fingerprint density at radius 2 is 2.00 bits per heavy atom. The summed E-state index contributed by atoms with van der Waals surface area (Å²) in [6.45, 7) is 2.37. The molecule has 0 bridgehead atoms. The van der Waals surface area contributed by atoms with E-state index in [4.69, 9.17) is 10.2 Å². The van der Waals surface area contributed by atoms with Crippen LogP contribution in [0.3, 0.4) is 0 Å². The van der Waals surface area contributed by atoms with Crippen molar-refractivity contribution in [3.63, 3.8) is 0 Å². The van der Waals surface area contributed by atoms with Crippen LogP contribution in [-0.4, -0.2) is 22.2 Å². The molecule has 86 valence electrons. The summed E-state index contributed by atoms with van der Waals surface area (Å²) in [4.78, 5) is 21.1. The molecular weight excluding hydrogens is 210 g/mol. The van der Waals surface area contributed by atoms with Gasteiger partial charge in [-0.15, -0.1) is 0 Å². The van der Waals surface area contributed by atoms with Gasteiger partial charge in [0.05, 0.1) is 6.42 Å². The number of rotatable bonds is 5. The summed E-state index contributed by atoms with van der Waals surface area (Å²) in [5.41, 5.74) is 1.12. The Balaban J connectivity index is 2.74. The number of pyridine rings is 1. The number of aromatic carboxylic acids is 1. The smallest absolute Gasteiger partial charge is 0.341 e. The molecule has 0 saturated heterocycles. The Labute approximate surface area is 93.0 Å². The molecule has 0 aliphatic heterocycles. The molecule has 1 heterocycles. The zero-order chi connectivity index (χ0) is 12.1. The number of hydrogen-bond acceptors (Lipinski definition) is 2. The highest BCUT2D eigenvalue weighted by Gasteiger charge is 2.12. The van der Waals surface area contributed by atoms with Gasteiger partial charge in [0.2, 0.25) is 0 Å². The average molecular weight is 224 g/mol. The summed E-state index contributed by atoms with van der Waals surface area (Å²) in [6, 6.07) is 3.25. The Bertz CT molecular complexity index is 414. The van der Waals surface area contributed by atoms with Crippen molar-refractivity contribution < 1.29 is 24.4 Å². The first kappa shape index (κ1) is 12.2. The molecule has 0 aliphatic rings. The van der Waals surface area contributed by atoms with Gasteiger partial charge in [-0.05, 0) is 6.07 Å². The second-order valence-corrected chi connectivity index (χ2v) is 3.55. The molecule has 1 aromatic heterocycles. The lowest BCUT2D eigenvalue weighted by Gasteiger charge is -2.00. The second kappa shape index (κ2) is 5.25.